The smallest absolute Gasteiger partial charge is 0.138 e. The molecule has 100 valence electrons. The lowest BCUT2D eigenvalue weighted by Gasteiger charge is -2.05. The van der Waals surface area contributed by atoms with Gasteiger partial charge in [-0.25, -0.2) is 0 Å². The van der Waals surface area contributed by atoms with Gasteiger partial charge in [-0.1, -0.05) is 48.9 Å². The zero-order valence-corrected chi connectivity index (χ0v) is 12.1. The molecule has 0 aliphatic heterocycles. The average Bonchev–Trinajstić information content (AvgIpc) is 2.82. The van der Waals surface area contributed by atoms with E-state index in [1.807, 2.05) is 6.92 Å². The van der Waals surface area contributed by atoms with E-state index >= 15 is 0 Å². The second-order valence-electron chi connectivity index (χ2n) is 5.26. The van der Waals surface area contributed by atoms with Crippen molar-refractivity contribution >= 4 is 5.57 Å². The van der Waals surface area contributed by atoms with Crippen LogP contribution in [-0.2, 0) is 6.42 Å². The largest absolute Gasteiger partial charge is 0.192 e. The van der Waals surface area contributed by atoms with Crippen LogP contribution in [0.4, 0.5) is 0 Å². The molecular formula is C19H14N2. The van der Waals surface area contributed by atoms with Gasteiger partial charge in [0.1, 0.15) is 17.7 Å². The van der Waals surface area contributed by atoms with Crippen molar-refractivity contribution in [2.75, 3.05) is 0 Å². The molecule has 21 heavy (non-hydrogen) atoms. The molecule has 0 N–H and O–H groups in total. The lowest BCUT2D eigenvalue weighted by Crippen LogP contribution is -1.89. The summed E-state index contributed by atoms with van der Waals surface area (Å²) < 4.78 is 0. The number of fused-ring (bicyclic) bond motifs is 3. The third-order valence-corrected chi connectivity index (χ3v) is 3.97. The molecule has 0 fully saturated rings. The van der Waals surface area contributed by atoms with Gasteiger partial charge < -0.3 is 0 Å². The molecule has 0 heterocycles. The minimum atomic E-state index is 0.189. The van der Waals surface area contributed by atoms with E-state index in [4.69, 9.17) is 0 Å². The minimum Gasteiger partial charge on any atom is -0.192 e. The first-order valence-corrected chi connectivity index (χ1v) is 6.98. The van der Waals surface area contributed by atoms with Crippen molar-refractivity contribution in [2.45, 2.75) is 20.3 Å². The Labute approximate surface area is 124 Å². The molecule has 0 unspecified atom stereocenters. The Kier molecular flexibility index (Phi) is 3.09. The highest BCUT2D eigenvalue weighted by Crippen LogP contribution is 2.46. The summed E-state index contributed by atoms with van der Waals surface area (Å²) in [5.74, 6) is 0. The van der Waals surface area contributed by atoms with Crippen LogP contribution in [0.15, 0.2) is 42.0 Å². The quantitative estimate of drug-likeness (QED) is 0.616. The Morgan fingerprint density at radius 3 is 2.14 bits per heavy atom. The Morgan fingerprint density at radius 2 is 1.52 bits per heavy atom. The van der Waals surface area contributed by atoms with Gasteiger partial charge in [-0.15, -0.1) is 0 Å². The van der Waals surface area contributed by atoms with E-state index in [1.54, 1.807) is 0 Å². The van der Waals surface area contributed by atoms with Crippen molar-refractivity contribution in [3.63, 3.8) is 0 Å². The highest BCUT2D eigenvalue weighted by atomic mass is 14.3. The molecule has 1 aliphatic rings. The van der Waals surface area contributed by atoms with Crippen LogP contribution in [-0.4, -0.2) is 0 Å². The van der Waals surface area contributed by atoms with E-state index < -0.39 is 0 Å². The summed E-state index contributed by atoms with van der Waals surface area (Å²) in [6, 6.07) is 16.6. The standard InChI is InChI=1S/C19H14N2/c1-3-13-5-7-16-15-6-4-12(2)8-17(15)19(18(16)9-13)14(10-20)11-21/h4-9H,3H2,1-2H3. The minimum absolute atomic E-state index is 0.189. The van der Waals surface area contributed by atoms with Crippen LogP contribution in [0.2, 0.25) is 0 Å². The third-order valence-electron chi connectivity index (χ3n) is 3.97. The Balaban J connectivity index is 2.42. The first kappa shape index (κ1) is 13.2. The number of aryl methyl sites for hydroxylation is 2. The SMILES string of the molecule is CCc1ccc2c(c1)C(=C(C#N)C#N)c1cc(C)ccc1-2. The van der Waals surface area contributed by atoms with Crippen molar-refractivity contribution in [3.8, 4) is 23.3 Å². The first-order chi connectivity index (χ1) is 10.2. The van der Waals surface area contributed by atoms with Gasteiger partial charge in [-0.05, 0) is 41.2 Å². The Bertz CT molecular complexity index is 842. The Morgan fingerprint density at radius 1 is 0.905 bits per heavy atom. The van der Waals surface area contributed by atoms with E-state index in [0.29, 0.717) is 0 Å². The number of rotatable bonds is 1. The number of nitrogens with zero attached hydrogens (tertiary/aromatic N) is 2. The van der Waals surface area contributed by atoms with Crippen LogP contribution < -0.4 is 0 Å². The van der Waals surface area contributed by atoms with Gasteiger partial charge in [0.25, 0.3) is 0 Å². The molecule has 2 aromatic rings. The molecule has 2 heteroatoms. The zero-order valence-electron chi connectivity index (χ0n) is 12.1. The number of hydrogen-bond acceptors (Lipinski definition) is 2. The molecule has 0 amide bonds. The first-order valence-electron chi connectivity index (χ1n) is 6.98. The molecule has 2 aromatic carbocycles. The van der Waals surface area contributed by atoms with Gasteiger partial charge >= 0.3 is 0 Å². The van der Waals surface area contributed by atoms with Gasteiger partial charge in [-0.2, -0.15) is 10.5 Å². The van der Waals surface area contributed by atoms with E-state index in [0.717, 1.165) is 39.8 Å². The molecule has 0 radical (unpaired) electrons. The molecule has 0 saturated heterocycles. The van der Waals surface area contributed by atoms with Crippen LogP contribution in [0.3, 0.4) is 0 Å². The van der Waals surface area contributed by atoms with E-state index in [1.165, 1.54) is 5.56 Å². The maximum Gasteiger partial charge on any atom is 0.138 e. The Hall–Kier alpha value is -2.84. The fourth-order valence-corrected chi connectivity index (χ4v) is 2.90. The van der Waals surface area contributed by atoms with E-state index in [9.17, 15) is 10.5 Å². The van der Waals surface area contributed by atoms with Crippen LogP contribution in [0.1, 0.15) is 29.2 Å². The van der Waals surface area contributed by atoms with Crippen molar-refractivity contribution in [1.29, 1.82) is 10.5 Å². The summed E-state index contributed by atoms with van der Waals surface area (Å²) in [7, 11) is 0. The normalized spacial score (nSPS) is 11.3. The summed E-state index contributed by atoms with van der Waals surface area (Å²) >= 11 is 0. The maximum absolute atomic E-state index is 9.30. The van der Waals surface area contributed by atoms with Crippen LogP contribution >= 0.6 is 0 Å². The van der Waals surface area contributed by atoms with Gasteiger partial charge in [0, 0.05) is 5.57 Å². The van der Waals surface area contributed by atoms with Gasteiger partial charge in [0.2, 0.25) is 0 Å². The molecule has 3 rings (SSSR count). The summed E-state index contributed by atoms with van der Waals surface area (Å²) in [6.45, 7) is 4.13. The highest BCUT2D eigenvalue weighted by molar-refractivity contribution is 6.04. The average molecular weight is 270 g/mol. The molecule has 0 bridgehead atoms. The highest BCUT2D eigenvalue weighted by Gasteiger charge is 2.26. The van der Waals surface area contributed by atoms with Gasteiger partial charge in [0.05, 0.1) is 0 Å². The number of benzene rings is 2. The van der Waals surface area contributed by atoms with Crippen molar-refractivity contribution < 1.29 is 0 Å². The summed E-state index contributed by atoms with van der Waals surface area (Å²) in [4.78, 5) is 0. The molecule has 1 aliphatic carbocycles. The third kappa shape index (κ3) is 1.93. The topological polar surface area (TPSA) is 47.6 Å². The van der Waals surface area contributed by atoms with Crippen LogP contribution in [0, 0.1) is 29.6 Å². The fourth-order valence-electron chi connectivity index (χ4n) is 2.90. The molecule has 0 spiro atoms. The van der Waals surface area contributed by atoms with Crippen molar-refractivity contribution in [1.82, 2.24) is 0 Å². The van der Waals surface area contributed by atoms with Crippen LogP contribution in [0.25, 0.3) is 16.7 Å². The van der Waals surface area contributed by atoms with Gasteiger partial charge in [-0.3, -0.25) is 0 Å². The van der Waals surface area contributed by atoms with Crippen LogP contribution in [0.5, 0.6) is 0 Å². The summed E-state index contributed by atoms with van der Waals surface area (Å²) in [5, 5.41) is 18.6. The fraction of sp³-hybridized carbons (Fsp3) is 0.158. The summed E-state index contributed by atoms with van der Waals surface area (Å²) in [5.41, 5.74) is 7.54. The monoisotopic (exact) mass is 270 g/mol. The van der Waals surface area contributed by atoms with E-state index in [2.05, 4.69) is 55.5 Å². The van der Waals surface area contributed by atoms with E-state index in [-0.39, 0.29) is 5.57 Å². The predicted molar refractivity (Wildman–Crippen MR) is 83.2 cm³/mol. The molecule has 0 saturated carbocycles. The lowest BCUT2D eigenvalue weighted by molar-refractivity contribution is 1.14. The second-order valence-corrected chi connectivity index (χ2v) is 5.26. The number of allylic oxidation sites excluding steroid dienone is 1. The molecule has 2 nitrogen and oxygen atoms in total. The van der Waals surface area contributed by atoms with Gasteiger partial charge in [0.15, 0.2) is 0 Å². The molecular weight excluding hydrogens is 256 g/mol. The number of nitriles is 2. The predicted octanol–water partition coefficient (Wildman–Crippen LogP) is 4.39. The van der Waals surface area contributed by atoms with Crippen molar-refractivity contribution in [2.24, 2.45) is 0 Å². The number of hydrogen-bond donors (Lipinski definition) is 0. The summed E-state index contributed by atoms with van der Waals surface area (Å²) in [6.07, 6.45) is 0.935. The molecule has 0 atom stereocenters. The second kappa shape index (κ2) is 4.93. The van der Waals surface area contributed by atoms with Crippen molar-refractivity contribution in [3.05, 3.63) is 64.2 Å². The zero-order chi connectivity index (χ0) is 15.0. The maximum atomic E-state index is 9.30. The molecule has 0 aromatic heterocycles. The lowest BCUT2D eigenvalue weighted by atomic mass is 9.97.